The molecule has 0 N–H and O–H groups in total. The van der Waals surface area contributed by atoms with Crippen molar-refractivity contribution in [3.63, 3.8) is 0 Å². The van der Waals surface area contributed by atoms with Crippen LogP contribution in [0.1, 0.15) is 27.7 Å². The predicted octanol–water partition coefficient (Wildman–Crippen LogP) is 4.30. The highest BCUT2D eigenvalue weighted by Gasteiger charge is 1.85. The van der Waals surface area contributed by atoms with Gasteiger partial charge in [-0.2, -0.15) is 0 Å². The Hall–Kier alpha value is 0.180. The molecule has 2 heteroatoms. The summed E-state index contributed by atoms with van der Waals surface area (Å²) in [4.78, 5) is 0. The molecule has 0 aromatic heterocycles. The van der Waals surface area contributed by atoms with Crippen LogP contribution in [0.2, 0.25) is 0 Å². The molecule has 0 nitrogen and oxygen atoms in total. The van der Waals surface area contributed by atoms with Gasteiger partial charge in [0.25, 0.3) is 0 Å². The van der Waals surface area contributed by atoms with Crippen LogP contribution in [0, 0.1) is 0 Å². The van der Waals surface area contributed by atoms with Gasteiger partial charge in [-0.05, 0) is 27.7 Å². The molecule has 0 fully saturated rings. The number of hydrogen-bond acceptors (Lipinski definition) is 2. The van der Waals surface area contributed by atoms with Crippen molar-refractivity contribution in [2.24, 2.45) is 0 Å². The molecule has 0 saturated heterocycles. The van der Waals surface area contributed by atoms with Crippen LogP contribution in [-0.4, -0.2) is 11.5 Å². The minimum atomic E-state index is 1.13. The lowest BCUT2D eigenvalue weighted by Gasteiger charge is -1.94. The summed E-state index contributed by atoms with van der Waals surface area (Å²) >= 11 is 0. The zero-order valence-corrected chi connectivity index (χ0v) is 10.0. The maximum atomic E-state index is 2.26. The highest BCUT2D eigenvalue weighted by molar-refractivity contribution is 8.76. The third-order valence-corrected chi connectivity index (χ3v) is 3.29. The third kappa shape index (κ3) is 10.2. The maximum Gasteiger partial charge on any atom is 0.0220 e. The van der Waals surface area contributed by atoms with Gasteiger partial charge < -0.3 is 0 Å². The van der Waals surface area contributed by atoms with Crippen molar-refractivity contribution in [3.8, 4) is 0 Å². The first-order chi connectivity index (χ1) is 5.63. The van der Waals surface area contributed by atoms with Gasteiger partial charge in [0.05, 0.1) is 0 Å². The van der Waals surface area contributed by atoms with E-state index >= 15 is 0 Å². The van der Waals surface area contributed by atoms with Gasteiger partial charge in [0.1, 0.15) is 0 Å². The topological polar surface area (TPSA) is 0 Å². The molecule has 0 heterocycles. The van der Waals surface area contributed by atoms with Gasteiger partial charge >= 0.3 is 0 Å². The van der Waals surface area contributed by atoms with Crippen molar-refractivity contribution in [1.82, 2.24) is 0 Å². The SMILES string of the molecule is CC(C)=CCSSCC=C(C)C. The smallest absolute Gasteiger partial charge is 0.0220 e. The molecule has 0 aliphatic carbocycles. The Balaban J connectivity index is 3.23. The molecule has 0 unspecified atom stereocenters. The van der Waals surface area contributed by atoms with Crippen molar-refractivity contribution in [2.75, 3.05) is 11.5 Å². The van der Waals surface area contributed by atoms with E-state index in [1.165, 1.54) is 11.1 Å². The van der Waals surface area contributed by atoms with Crippen LogP contribution in [0.25, 0.3) is 0 Å². The second kappa shape index (κ2) is 7.81. The lowest BCUT2D eigenvalue weighted by molar-refractivity contribution is 1.37. The maximum absolute atomic E-state index is 2.26. The van der Waals surface area contributed by atoms with Crippen molar-refractivity contribution in [2.45, 2.75) is 27.7 Å². The van der Waals surface area contributed by atoms with E-state index in [9.17, 15) is 0 Å². The average Bonchev–Trinajstić information content (AvgIpc) is 1.95. The summed E-state index contributed by atoms with van der Waals surface area (Å²) in [5, 5.41) is 0. The summed E-state index contributed by atoms with van der Waals surface area (Å²) in [6, 6.07) is 0. The normalized spacial score (nSPS) is 9.33. The fourth-order valence-electron chi connectivity index (χ4n) is 0.498. The molecule has 0 bridgehead atoms. The fraction of sp³-hybridized carbons (Fsp3) is 0.600. The Morgan fingerprint density at radius 1 is 0.833 bits per heavy atom. The van der Waals surface area contributed by atoms with Crippen LogP contribution in [0.4, 0.5) is 0 Å². The van der Waals surface area contributed by atoms with E-state index < -0.39 is 0 Å². The minimum Gasteiger partial charge on any atom is -0.0897 e. The van der Waals surface area contributed by atoms with E-state index in [0.717, 1.165) is 11.5 Å². The second-order valence-corrected chi connectivity index (χ2v) is 5.68. The van der Waals surface area contributed by atoms with Crippen LogP contribution in [0.3, 0.4) is 0 Å². The Kier molecular flexibility index (Phi) is 7.93. The lowest BCUT2D eigenvalue weighted by atomic mass is 10.3. The van der Waals surface area contributed by atoms with Crippen molar-refractivity contribution in [3.05, 3.63) is 23.3 Å². The van der Waals surface area contributed by atoms with E-state index in [2.05, 4.69) is 39.8 Å². The molecule has 0 aromatic rings. The monoisotopic (exact) mass is 202 g/mol. The average molecular weight is 202 g/mol. The summed E-state index contributed by atoms with van der Waals surface area (Å²) in [5.74, 6) is 2.26. The van der Waals surface area contributed by atoms with Gasteiger partial charge in [-0.15, -0.1) is 0 Å². The summed E-state index contributed by atoms with van der Waals surface area (Å²) in [6.07, 6.45) is 4.53. The van der Waals surface area contributed by atoms with Crippen molar-refractivity contribution < 1.29 is 0 Å². The number of hydrogen-bond donors (Lipinski definition) is 0. The predicted molar refractivity (Wildman–Crippen MR) is 63.8 cm³/mol. The lowest BCUT2D eigenvalue weighted by Crippen LogP contribution is -1.72. The highest BCUT2D eigenvalue weighted by Crippen LogP contribution is 2.21. The van der Waals surface area contributed by atoms with E-state index in [4.69, 9.17) is 0 Å². The van der Waals surface area contributed by atoms with Gasteiger partial charge in [0, 0.05) is 11.5 Å². The number of rotatable bonds is 5. The molecule has 0 aliphatic heterocycles. The molecule has 0 spiro atoms. The van der Waals surface area contributed by atoms with Gasteiger partial charge in [-0.3, -0.25) is 0 Å². The summed E-state index contributed by atoms with van der Waals surface area (Å²) in [7, 11) is 3.84. The second-order valence-electron chi connectivity index (χ2n) is 3.13. The largest absolute Gasteiger partial charge is 0.0897 e. The Morgan fingerprint density at radius 3 is 1.42 bits per heavy atom. The van der Waals surface area contributed by atoms with Crippen LogP contribution in [0.15, 0.2) is 23.3 Å². The van der Waals surface area contributed by atoms with Gasteiger partial charge in [0.15, 0.2) is 0 Å². The molecule has 70 valence electrons. The van der Waals surface area contributed by atoms with Crippen LogP contribution in [-0.2, 0) is 0 Å². The first-order valence-electron chi connectivity index (χ1n) is 4.14. The summed E-state index contributed by atoms with van der Waals surface area (Å²) in [6.45, 7) is 8.56. The molecule has 0 radical (unpaired) electrons. The van der Waals surface area contributed by atoms with Crippen LogP contribution in [0.5, 0.6) is 0 Å². The first kappa shape index (κ1) is 12.2. The van der Waals surface area contributed by atoms with Gasteiger partial charge in [-0.25, -0.2) is 0 Å². The van der Waals surface area contributed by atoms with Crippen LogP contribution < -0.4 is 0 Å². The van der Waals surface area contributed by atoms with Crippen LogP contribution >= 0.6 is 21.6 Å². The molecule has 0 amide bonds. The Morgan fingerprint density at radius 2 is 1.17 bits per heavy atom. The van der Waals surface area contributed by atoms with E-state index in [1.807, 2.05) is 21.6 Å². The Bertz CT molecular complexity index is 141. The summed E-state index contributed by atoms with van der Waals surface area (Å²) < 4.78 is 0. The van der Waals surface area contributed by atoms with E-state index in [0.29, 0.717) is 0 Å². The quantitative estimate of drug-likeness (QED) is 0.370. The molecule has 12 heavy (non-hydrogen) atoms. The fourth-order valence-corrected chi connectivity index (χ4v) is 2.48. The molecule has 0 rings (SSSR count). The van der Waals surface area contributed by atoms with Crippen molar-refractivity contribution in [1.29, 1.82) is 0 Å². The molecular formula is C10H18S2. The molecule has 0 aliphatic rings. The molecule has 0 atom stereocenters. The van der Waals surface area contributed by atoms with E-state index in [-0.39, 0.29) is 0 Å². The standard InChI is InChI=1S/C10H18S2/c1-9(2)5-7-11-12-8-6-10(3)4/h5-6H,7-8H2,1-4H3. The molecule has 0 saturated carbocycles. The molecular weight excluding hydrogens is 184 g/mol. The third-order valence-electron chi connectivity index (χ3n) is 1.20. The Labute approximate surface area is 84.3 Å². The zero-order chi connectivity index (χ0) is 9.40. The number of allylic oxidation sites excluding steroid dienone is 2. The molecule has 0 aromatic carbocycles. The minimum absolute atomic E-state index is 1.13. The van der Waals surface area contributed by atoms with Crippen molar-refractivity contribution >= 4 is 21.6 Å². The highest BCUT2D eigenvalue weighted by atomic mass is 33.1. The zero-order valence-electron chi connectivity index (χ0n) is 8.39. The first-order valence-corrected chi connectivity index (χ1v) is 6.63. The van der Waals surface area contributed by atoms with Gasteiger partial charge in [-0.1, -0.05) is 44.9 Å². The van der Waals surface area contributed by atoms with Gasteiger partial charge in [0.2, 0.25) is 0 Å². The summed E-state index contributed by atoms with van der Waals surface area (Å²) in [5.41, 5.74) is 2.82. The van der Waals surface area contributed by atoms with E-state index in [1.54, 1.807) is 0 Å².